The first kappa shape index (κ1) is 14.5. The van der Waals surface area contributed by atoms with Crippen LogP contribution in [0.5, 0.6) is 0 Å². The molecule has 0 amide bonds. The Bertz CT molecular complexity index is 680. The normalized spacial score (nSPS) is 12.4. The number of aryl methyl sites for hydroxylation is 1. The number of benzene rings is 1. The molecule has 0 aliphatic heterocycles. The predicted molar refractivity (Wildman–Crippen MR) is 75.3 cm³/mol. The fraction of sp³-hybridized carbons (Fsp3) is 0.308. The summed E-state index contributed by atoms with van der Waals surface area (Å²) in [6, 6.07) is 4.55. The number of nitro benzene ring substituents is 1. The Morgan fingerprint density at radius 1 is 1.45 bits per heavy atom. The molecule has 2 aromatic rings. The number of rotatable bonds is 3. The molecule has 0 aliphatic rings. The van der Waals surface area contributed by atoms with Gasteiger partial charge < -0.3 is 5.11 Å². The number of nitro groups is 1. The van der Waals surface area contributed by atoms with Gasteiger partial charge in [0.25, 0.3) is 5.69 Å². The van der Waals surface area contributed by atoms with Crippen LogP contribution in [0.15, 0.2) is 18.2 Å². The lowest BCUT2D eigenvalue weighted by molar-refractivity contribution is -0.384. The Balaban J connectivity index is 2.67. The second-order valence-corrected chi connectivity index (χ2v) is 4.96. The first-order chi connectivity index (χ1) is 9.32. The zero-order valence-corrected chi connectivity index (χ0v) is 12.0. The van der Waals surface area contributed by atoms with Crippen LogP contribution in [0.2, 0.25) is 5.02 Å². The van der Waals surface area contributed by atoms with E-state index >= 15 is 0 Å². The van der Waals surface area contributed by atoms with Crippen LogP contribution >= 0.6 is 11.6 Å². The van der Waals surface area contributed by atoms with E-state index in [-0.39, 0.29) is 5.69 Å². The van der Waals surface area contributed by atoms with Crippen LogP contribution < -0.4 is 0 Å². The average molecular weight is 296 g/mol. The zero-order chi connectivity index (χ0) is 15.0. The molecule has 1 aromatic carbocycles. The van der Waals surface area contributed by atoms with Gasteiger partial charge >= 0.3 is 0 Å². The molecular formula is C13H14ClN3O3. The summed E-state index contributed by atoms with van der Waals surface area (Å²) in [4.78, 5) is 10.7. The Kier molecular flexibility index (Phi) is 3.78. The van der Waals surface area contributed by atoms with Crippen molar-refractivity contribution in [2.45, 2.75) is 26.9 Å². The third-order valence-corrected chi connectivity index (χ3v) is 3.66. The van der Waals surface area contributed by atoms with Crippen molar-refractivity contribution in [2.24, 2.45) is 0 Å². The van der Waals surface area contributed by atoms with Gasteiger partial charge in [-0.1, -0.05) is 17.7 Å². The van der Waals surface area contributed by atoms with E-state index in [2.05, 4.69) is 5.10 Å². The highest BCUT2D eigenvalue weighted by Crippen LogP contribution is 2.30. The molecule has 106 valence electrons. The van der Waals surface area contributed by atoms with E-state index in [0.29, 0.717) is 27.7 Å². The second kappa shape index (κ2) is 5.22. The van der Waals surface area contributed by atoms with E-state index in [0.717, 1.165) is 0 Å². The van der Waals surface area contributed by atoms with Gasteiger partial charge in [-0.05, 0) is 32.4 Å². The molecule has 0 saturated carbocycles. The van der Waals surface area contributed by atoms with Crippen LogP contribution in [0.4, 0.5) is 5.69 Å². The molecule has 1 N–H and O–H groups in total. The van der Waals surface area contributed by atoms with E-state index in [4.69, 9.17) is 11.6 Å². The Labute approximate surface area is 120 Å². The van der Waals surface area contributed by atoms with E-state index in [1.54, 1.807) is 32.9 Å². The van der Waals surface area contributed by atoms with Crippen molar-refractivity contribution < 1.29 is 10.0 Å². The topological polar surface area (TPSA) is 81.2 Å². The minimum atomic E-state index is -0.771. The number of halogens is 1. The minimum Gasteiger partial charge on any atom is -0.389 e. The molecule has 1 atom stereocenters. The van der Waals surface area contributed by atoms with E-state index in [1.165, 1.54) is 10.7 Å². The van der Waals surface area contributed by atoms with Crippen molar-refractivity contribution in [1.29, 1.82) is 0 Å². The van der Waals surface area contributed by atoms with Crippen LogP contribution in [0.25, 0.3) is 5.69 Å². The van der Waals surface area contributed by atoms with Crippen LogP contribution in [0.3, 0.4) is 0 Å². The van der Waals surface area contributed by atoms with Crippen molar-refractivity contribution in [3.63, 3.8) is 0 Å². The van der Waals surface area contributed by atoms with E-state index in [1.807, 2.05) is 0 Å². The molecular weight excluding hydrogens is 282 g/mol. The van der Waals surface area contributed by atoms with Gasteiger partial charge in [-0.3, -0.25) is 10.1 Å². The maximum atomic E-state index is 11.2. The van der Waals surface area contributed by atoms with Crippen molar-refractivity contribution in [2.75, 3.05) is 0 Å². The molecule has 0 fully saturated rings. The van der Waals surface area contributed by atoms with Crippen molar-refractivity contribution in [3.05, 3.63) is 50.3 Å². The largest absolute Gasteiger partial charge is 0.389 e. The van der Waals surface area contributed by atoms with Crippen molar-refractivity contribution >= 4 is 17.3 Å². The molecule has 2 rings (SSSR count). The third kappa shape index (κ3) is 2.39. The smallest absolute Gasteiger partial charge is 0.295 e. The summed E-state index contributed by atoms with van der Waals surface area (Å²) in [6.45, 7) is 5.04. The maximum Gasteiger partial charge on any atom is 0.295 e. The molecule has 0 spiro atoms. The highest BCUT2D eigenvalue weighted by molar-refractivity contribution is 6.31. The van der Waals surface area contributed by atoms with Crippen LogP contribution in [0.1, 0.15) is 30.0 Å². The fourth-order valence-electron chi connectivity index (χ4n) is 1.98. The van der Waals surface area contributed by atoms with Gasteiger partial charge in [-0.15, -0.1) is 0 Å². The van der Waals surface area contributed by atoms with Gasteiger partial charge in [0.15, 0.2) is 0 Å². The lowest BCUT2D eigenvalue weighted by Crippen LogP contribution is -2.05. The molecule has 20 heavy (non-hydrogen) atoms. The fourth-order valence-corrected chi connectivity index (χ4v) is 2.10. The second-order valence-electron chi connectivity index (χ2n) is 4.58. The van der Waals surface area contributed by atoms with Gasteiger partial charge in [0.1, 0.15) is 5.69 Å². The molecule has 7 heteroatoms. The van der Waals surface area contributed by atoms with E-state index in [9.17, 15) is 15.2 Å². The Hall–Kier alpha value is -1.92. The summed E-state index contributed by atoms with van der Waals surface area (Å²) in [5.41, 5.74) is 1.93. The molecule has 0 unspecified atom stereocenters. The Morgan fingerprint density at radius 3 is 2.55 bits per heavy atom. The number of aromatic nitrogens is 2. The van der Waals surface area contributed by atoms with Gasteiger partial charge in [-0.2, -0.15) is 5.10 Å². The monoisotopic (exact) mass is 295 g/mol. The first-order valence-electron chi connectivity index (χ1n) is 6.01. The molecule has 1 heterocycles. The van der Waals surface area contributed by atoms with E-state index < -0.39 is 11.0 Å². The lowest BCUT2D eigenvalue weighted by Gasteiger charge is -2.09. The number of aliphatic hydroxyl groups excluding tert-OH is 1. The summed E-state index contributed by atoms with van der Waals surface area (Å²) >= 11 is 6.07. The highest BCUT2D eigenvalue weighted by Gasteiger charge is 2.21. The lowest BCUT2D eigenvalue weighted by atomic mass is 10.1. The van der Waals surface area contributed by atoms with Crippen LogP contribution in [-0.4, -0.2) is 19.8 Å². The predicted octanol–water partition coefficient (Wildman–Crippen LogP) is 3.10. The molecule has 6 nitrogen and oxygen atoms in total. The van der Waals surface area contributed by atoms with Gasteiger partial charge in [0.2, 0.25) is 0 Å². The molecule has 0 aliphatic carbocycles. The average Bonchev–Trinajstić information content (AvgIpc) is 2.65. The maximum absolute atomic E-state index is 11.2. The summed E-state index contributed by atoms with van der Waals surface area (Å²) in [7, 11) is 0. The van der Waals surface area contributed by atoms with Gasteiger partial charge in [-0.25, -0.2) is 4.68 Å². The first-order valence-corrected chi connectivity index (χ1v) is 6.39. The summed E-state index contributed by atoms with van der Waals surface area (Å²) in [5.74, 6) is 0. The third-order valence-electron chi connectivity index (χ3n) is 3.11. The number of aliphatic hydroxyl groups is 1. The summed E-state index contributed by atoms with van der Waals surface area (Å²) < 4.78 is 1.45. The SMILES string of the molecule is Cc1nn(-c2ccc([C@H](C)O)cc2[N+](=O)[O-])c(C)c1Cl. The van der Waals surface area contributed by atoms with Crippen LogP contribution in [0, 0.1) is 24.0 Å². The number of hydrogen-bond donors (Lipinski definition) is 1. The van der Waals surface area contributed by atoms with Gasteiger partial charge in [0.05, 0.1) is 27.4 Å². The molecule has 1 aromatic heterocycles. The highest BCUT2D eigenvalue weighted by atomic mass is 35.5. The van der Waals surface area contributed by atoms with Crippen molar-refractivity contribution in [3.8, 4) is 5.69 Å². The minimum absolute atomic E-state index is 0.120. The van der Waals surface area contributed by atoms with Crippen molar-refractivity contribution in [1.82, 2.24) is 9.78 Å². The zero-order valence-electron chi connectivity index (χ0n) is 11.3. The number of nitrogens with zero attached hydrogens (tertiary/aromatic N) is 3. The summed E-state index contributed by atoms with van der Waals surface area (Å²) in [5, 5.41) is 25.5. The summed E-state index contributed by atoms with van der Waals surface area (Å²) in [6.07, 6.45) is -0.771. The standard InChI is InChI=1S/C13H14ClN3O3/c1-7-13(14)8(2)16(15-7)11-5-4-10(9(3)18)6-12(11)17(19)20/h4-6,9,18H,1-3H3/t9-/m0/s1. The molecule has 0 radical (unpaired) electrons. The van der Waals surface area contributed by atoms with Gasteiger partial charge in [0, 0.05) is 6.07 Å². The Morgan fingerprint density at radius 2 is 2.10 bits per heavy atom. The molecule has 0 saturated heterocycles. The quantitative estimate of drug-likeness (QED) is 0.697. The number of hydrogen-bond acceptors (Lipinski definition) is 4. The van der Waals surface area contributed by atoms with Crippen LogP contribution in [-0.2, 0) is 0 Å². The molecule has 0 bridgehead atoms.